The summed E-state index contributed by atoms with van der Waals surface area (Å²) >= 11 is 1.53. The predicted octanol–water partition coefficient (Wildman–Crippen LogP) is 3.29. The molecule has 0 radical (unpaired) electrons. The summed E-state index contributed by atoms with van der Waals surface area (Å²) in [6.45, 7) is 9.79. The molecular formula is C19H24N8S. The predicted molar refractivity (Wildman–Crippen MR) is 111 cm³/mol. The van der Waals surface area contributed by atoms with E-state index in [1.165, 1.54) is 18.1 Å². The smallest absolute Gasteiger partial charge is 0.223 e. The molecule has 3 heterocycles. The van der Waals surface area contributed by atoms with Crippen molar-refractivity contribution >= 4 is 23.3 Å². The van der Waals surface area contributed by atoms with Crippen molar-refractivity contribution in [3.63, 3.8) is 0 Å². The molecule has 0 aliphatic carbocycles. The lowest BCUT2D eigenvalue weighted by Gasteiger charge is -2.20. The van der Waals surface area contributed by atoms with E-state index in [1.54, 1.807) is 17.2 Å². The van der Waals surface area contributed by atoms with Gasteiger partial charge in [-0.05, 0) is 24.3 Å². The second-order valence-electron chi connectivity index (χ2n) is 7.50. The maximum absolute atomic E-state index is 9.78. The van der Waals surface area contributed by atoms with Gasteiger partial charge in [0.25, 0.3) is 0 Å². The fraction of sp³-hybridized carbons (Fsp3) is 0.421. The zero-order chi connectivity index (χ0) is 20.1. The molecule has 1 aliphatic rings. The Kier molecular flexibility index (Phi) is 5.99. The average molecular weight is 397 g/mol. The largest absolute Gasteiger partial charge is 0.354 e. The fourth-order valence-corrected chi connectivity index (χ4v) is 3.64. The van der Waals surface area contributed by atoms with Crippen LogP contribution in [0.1, 0.15) is 38.4 Å². The van der Waals surface area contributed by atoms with Crippen molar-refractivity contribution in [2.45, 2.75) is 40.7 Å². The maximum atomic E-state index is 9.78. The van der Waals surface area contributed by atoms with Crippen LogP contribution < -0.4 is 10.6 Å². The van der Waals surface area contributed by atoms with Crippen molar-refractivity contribution in [3.8, 4) is 6.07 Å². The average Bonchev–Trinajstić information content (AvgIpc) is 3.33. The van der Waals surface area contributed by atoms with E-state index in [0.29, 0.717) is 23.8 Å². The maximum Gasteiger partial charge on any atom is 0.223 e. The van der Waals surface area contributed by atoms with Gasteiger partial charge in [0.15, 0.2) is 0 Å². The number of aryl methyl sites for hydroxylation is 2. The number of rotatable bonds is 6. The van der Waals surface area contributed by atoms with Gasteiger partial charge in [0.05, 0.1) is 10.7 Å². The van der Waals surface area contributed by atoms with Gasteiger partial charge in [-0.2, -0.15) is 10.4 Å². The van der Waals surface area contributed by atoms with Crippen LogP contribution in [0, 0.1) is 23.7 Å². The zero-order valence-electron chi connectivity index (χ0n) is 16.5. The minimum absolute atomic E-state index is 0.00710. The van der Waals surface area contributed by atoms with E-state index in [0.717, 1.165) is 29.3 Å². The summed E-state index contributed by atoms with van der Waals surface area (Å²) in [7, 11) is 0. The van der Waals surface area contributed by atoms with Crippen molar-refractivity contribution in [1.29, 1.82) is 5.26 Å². The van der Waals surface area contributed by atoms with Crippen LogP contribution in [0.4, 0.5) is 5.95 Å². The molecule has 9 heteroatoms. The fourth-order valence-electron chi connectivity index (χ4n) is 2.57. The molecular weight excluding hydrogens is 372 g/mol. The molecule has 0 fully saturated rings. The van der Waals surface area contributed by atoms with E-state index in [1.807, 2.05) is 6.92 Å². The monoisotopic (exact) mass is 396 g/mol. The Morgan fingerprint density at radius 1 is 1.39 bits per heavy atom. The highest BCUT2D eigenvalue weighted by Gasteiger charge is 2.25. The summed E-state index contributed by atoms with van der Waals surface area (Å²) in [6, 6.07) is 2.31. The number of anilines is 1. The van der Waals surface area contributed by atoms with E-state index < -0.39 is 0 Å². The van der Waals surface area contributed by atoms with Gasteiger partial charge in [-0.15, -0.1) is 0 Å². The van der Waals surface area contributed by atoms with Crippen LogP contribution in [0.5, 0.6) is 0 Å². The minimum Gasteiger partial charge on any atom is -0.354 e. The van der Waals surface area contributed by atoms with Crippen LogP contribution in [0.3, 0.4) is 0 Å². The highest BCUT2D eigenvalue weighted by molar-refractivity contribution is 8.06. The summed E-state index contributed by atoms with van der Waals surface area (Å²) in [5, 5.41) is 23.3. The minimum atomic E-state index is -0.00710. The Labute approximate surface area is 169 Å². The lowest BCUT2D eigenvalue weighted by molar-refractivity contribution is 0.481. The third-order valence-electron chi connectivity index (χ3n) is 4.21. The Balaban J connectivity index is 1.71. The molecule has 0 bridgehead atoms. The van der Waals surface area contributed by atoms with Crippen molar-refractivity contribution in [3.05, 3.63) is 46.2 Å². The van der Waals surface area contributed by atoms with E-state index in [9.17, 15) is 5.26 Å². The number of nitrogens with one attached hydrogen (secondary N) is 2. The quantitative estimate of drug-likeness (QED) is 0.566. The van der Waals surface area contributed by atoms with Gasteiger partial charge in [-0.3, -0.25) is 4.68 Å². The molecule has 0 saturated carbocycles. The van der Waals surface area contributed by atoms with Gasteiger partial charge >= 0.3 is 0 Å². The van der Waals surface area contributed by atoms with Crippen molar-refractivity contribution in [2.75, 3.05) is 11.9 Å². The van der Waals surface area contributed by atoms with Gasteiger partial charge in [-0.1, -0.05) is 32.5 Å². The lowest BCUT2D eigenvalue weighted by atomic mass is 9.93. The van der Waals surface area contributed by atoms with Crippen LogP contribution in [0.15, 0.2) is 35.0 Å². The van der Waals surface area contributed by atoms with Gasteiger partial charge in [0, 0.05) is 30.4 Å². The second kappa shape index (κ2) is 8.44. The molecule has 0 atom stereocenters. The first kappa shape index (κ1) is 19.9. The molecule has 146 valence electrons. The van der Waals surface area contributed by atoms with Gasteiger partial charge in [0.2, 0.25) is 5.95 Å². The van der Waals surface area contributed by atoms with Gasteiger partial charge < -0.3 is 10.6 Å². The summed E-state index contributed by atoms with van der Waals surface area (Å²) < 4.78 is 1.78. The van der Waals surface area contributed by atoms with E-state index in [-0.39, 0.29) is 5.41 Å². The number of hydrogen-bond acceptors (Lipinski definition) is 8. The summed E-state index contributed by atoms with van der Waals surface area (Å²) in [4.78, 5) is 12.9. The van der Waals surface area contributed by atoms with E-state index in [4.69, 9.17) is 0 Å². The zero-order valence-corrected chi connectivity index (χ0v) is 17.3. The first-order chi connectivity index (χ1) is 13.4. The number of hydrogen-bond donors (Lipinski definition) is 2. The molecule has 2 N–H and O–H groups in total. The molecule has 2 aromatic heterocycles. The first-order valence-electron chi connectivity index (χ1n) is 9.07. The highest BCUT2D eigenvalue weighted by Crippen LogP contribution is 2.38. The summed E-state index contributed by atoms with van der Waals surface area (Å²) in [5.41, 5.74) is 3.13. The first-order valence-corrected chi connectivity index (χ1v) is 9.95. The Morgan fingerprint density at radius 2 is 2.21 bits per heavy atom. The van der Waals surface area contributed by atoms with Crippen LogP contribution >= 0.6 is 11.8 Å². The number of aromatic nitrogens is 5. The van der Waals surface area contributed by atoms with E-state index >= 15 is 0 Å². The van der Waals surface area contributed by atoms with Crippen molar-refractivity contribution in [2.24, 2.45) is 5.41 Å². The topological polar surface area (TPSA) is 104 Å². The summed E-state index contributed by atoms with van der Waals surface area (Å²) in [6.07, 6.45) is 5.82. The van der Waals surface area contributed by atoms with Crippen molar-refractivity contribution < 1.29 is 0 Å². The molecule has 28 heavy (non-hydrogen) atoms. The summed E-state index contributed by atoms with van der Waals surface area (Å²) in [5.74, 6) is 0.513. The van der Waals surface area contributed by atoms with Gasteiger partial charge in [0.1, 0.15) is 24.3 Å². The molecule has 0 amide bonds. The number of thioether (sulfide) groups is 1. The highest BCUT2D eigenvalue weighted by atomic mass is 32.2. The molecule has 2 aromatic rings. The Morgan fingerprint density at radius 3 is 2.86 bits per heavy atom. The molecule has 3 rings (SSSR count). The van der Waals surface area contributed by atoms with Crippen LogP contribution in [-0.4, -0.2) is 31.3 Å². The third-order valence-corrected chi connectivity index (χ3v) is 5.11. The molecule has 0 unspecified atom stereocenters. The van der Waals surface area contributed by atoms with Crippen molar-refractivity contribution in [1.82, 2.24) is 30.0 Å². The van der Waals surface area contributed by atoms with Crippen LogP contribution in [-0.2, 0) is 6.54 Å². The van der Waals surface area contributed by atoms with Crippen LogP contribution in [0.25, 0.3) is 5.57 Å². The van der Waals surface area contributed by atoms with Crippen LogP contribution in [0.2, 0.25) is 0 Å². The second-order valence-corrected chi connectivity index (χ2v) is 8.38. The third kappa shape index (κ3) is 4.70. The van der Waals surface area contributed by atoms with E-state index in [2.05, 4.69) is 62.9 Å². The van der Waals surface area contributed by atoms with Gasteiger partial charge in [-0.25, -0.2) is 15.0 Å². The molecule has 8 nitrogen and oxygen atoms in total. The molecule has 0 spiro atoms. The number of allylic oxidation sites excluding steroid dienone is 2. The standard InChI is InChI=1S/C19H24N8S/c1-13-9-23-18(22-6-5-7-27-12-21-11-24-27)26-16(13)14(8-20)17-25-15(10-28-17)19(2,3)4/h9-12,25H,5-7H2,1-4H3,(H,22,23,26). The lowest BCUT2D eigenvalue weighted by Crippen LogP contribution is -2.20. The SMILES string of the molecule is Cc1cnc(NCCCn2cncn2)nc1C(C#N)=C1NC(C(C)(C)C)=CS1. The normalized spacial score (nSPS) is 15.6. The molecule has 0 aromatic carbocycles. The number of nitriles is 1. The molecule has 1 aliphatic heterocycles. The Hall–Kier alpha value is -2.86. The number of nitrogens with zero attached hydrogens (tertiary/aromatic N) is 6. The Bertz CT molecular complexity index is 932. The molecule has 0 saturated heterocycles.